The molecule has 3 rings (SSSR count). The first-order valence-corrected chi connectivity index (χ1v) is 7.66. The first-order valence-electron chi connectivity index (χ1n) is 7.28. The van der Waals surface area contributed by atoms with E-state index in [2.05, 4.69) is 15.2 Å². The number of ether oxygens (including phenoxy) is 2. The summed E-state index contributed by atoms with van der Waals surface area (Å²) in [4.78, 5) is 4.47. The maximum Gasteiger partial charge on any atom is 0.182 e. The Morgan fingerprint density at radius 3 is 2.54 bits per heavy atom. The van der Waals surface area contributed by atoms with Crippen molar-refractivity contribution < 1.29 is 9.47 Å². The minimum absolute atomic E-state index is 0.478. The van der Waals surface area contributed by atoms with Crippen LogP contribution < -0.4 is 15.2 Å². The summed E-state index contributed by atoms with van der Waals surface area (Å²) in [7, 11) is 3.17. The molecule has 2 aromatic carbocycles. The summed E-state index contributed by atoms with van der Waals surface area (Å²) in [6.07, 6.45) is 0. The van der Waals surface area contributed by atoms with Crippen molar-refractivity contribution in [2.45, 2.75) is 6.04 Å². The summed E-state index contributed by atoms with van der Waals surface area (Å²) in [5.74, 6) is 2.29. The molecule has 0 aliphatic carbocycles. The fraction of sp³-hybridized carbons (Fsp3) is 0.176. The van der Waals surface area contributed by atoms with E-state index in [1.165, 1.54) is 0 Å². The molecule has 7 heteroatoms. The zero-order valence-electron chi connectivity index (χ0n) is 13.3. The van der Waals surface area contributed by atoms with Crippen molar-refractivity contribution in [1.29, 1.82) is 0 Å². The van der Waals surface area contributed by atoms with E-state index in [0.717, 1.165) is 11.1 Å². The molecule has 0 unspecified atom stereocenters. The second-order valence-electron chi connectivity index (χ2n) is 5.12. The summed E-state index contributed by atoms with van der Waals surface area (Å²) in [6, 6.07) is 12.4. The summed E-state index contributed by atoms with van der Waals surface area (Å²) < 4.78 is 10.5. The number of rotatable bonds is 5. The molecule has 1 heterocycles. The average Bonchev–Trinajstić information content (AvgIpc) is 3.10. The van der Waals surface area contributed by atoms with Gasteiger partial charge in [-0.05, 0) is 29.8 Å². The van der Waals surface area contributed by atoms with Gasteiger partial charge in [0, 0.05) is 5.56 Å². The lowest BCUT2D eigenvalue weighted by atomic mass is 10.1. The highest BCUT2D eigenvalue weighted by Gasteiger charge is 2.17. The minimum Gasteiger partial charge on any atom is -0.493 e. The van der Waals surface area contributed by atoms with Gasteiger partial charge in [0.15, 0.2) is 17.3 Å². The van der Waals surface area contributed by atoms with E-state index in [9.17, 15) is 0 Å². The van der Waals surface area contributed by atoms with Crippen molar-refractivity contribution >= 4 is 11.6 Å². The van der Waals surface area contributed by atoms with Gasteiger partial charge in [-0.25, -0.2) is 4.98 Å². The molecule has 0 fully saturated rings. The SMILES string of the molecule is COc1ccc([C@H](N)c2nc(-c3ccccc3Cl)n[nH]2)cc1OC. The number of aromatic nitrogens is 3. The van der Waals surface area contributed by atoms with Gasteiger partial charge in [0.2, 0.25) is 0 Å². The van der Waals surface area contributed by atoms with Crippen molar-refractivity contribution in [2.75, 3.05) is 14.2 Å². The molecule has 0 aliphatic rings. The number of methoxy groups -OCH3 is 2. The lowest BCUT2D eigenvalue weighted by Gasteiger charge is -2.13. The highest BCUT2D eigenvalue weighted by Crippen LogP contribution is 2.31. The molecule has 124 valence electrons. The Balaban J connectivity index is 1.91. The van der Waals surface area contributed by atoms with Crippen molar-refractivity contribution in [2.24, 2.45) is 5.73 Å². The van der Waals surface area contributed by atoms with Crippen LogP contribution >= 0.6 is 11.6 Å². The summed E-state index contributed by atoms with van der Waals surface area (Å²) in [5, 5.41) is 7.68. The summed E-state index contributed by atoms with van der Waals surface area (Å²) >= 11 is 6.18. The van der Waals surface area contributed by atoms with E-state index in [-0.39, 0.29) is 0 Å². The molecule has 24 heavy (non-hydrogen) atoms. The molecule has 0 bridgehead atoms. The van der Waals surface area contributed by atoms with Crippen LogP contribution in [0.15, 0.2) is 42.5 Å². The molecule has 0 spiro atoms. The maximum absolute atomic E-state index is 6.30. The van der Waals surface area contributed by atoms with E-state index in [1.807, 2.05) is 30.3 Å². The highest BCUT2D eigenvalue weighted by molar-refractivity contribution is 6.33. The molecule has 3 aromatic rings. The number of hydrogen-bond acceptors (Lipinski definition) is 5. The Morgan fingerprint density at radius 1 is 1.08 bits per heavy atom. The topological polar surface area (TPSA) is 86.0 Å². The van der Waals surface area contributed by atoms with Crippen LogP contribution in [0.5, 0.6) is 11.5 Å². The molecule has 1 aromatic heterocycles. The van der Waals surface area contributed by atoms with Crippen molar-refractivity contribution in [3.8, 4) is 22.9 Å². The number of aromatic amines is 1. The zero-order chi connectivity index (χ0) is 17.1. The van der Waals surface area contributed by atoms with E-state index in [4.69, 9.17) is 26.8 Å². The predicted molar refractivity (Wildman–Crippen MR) is 92.4 cm³/mol. The Labute approximate surface area is 144 Å². The van der Waals surface area contributed by atoms with E-state index < -0.39 is 6.04 Å². The smallest absolute Gasteiger partial charge is 0.182 e. The standard InChI is InChI=1S/C17H17ClN4O2/c1-23-13-8-7-10(9-14(13)24-2)15(19)17-20-16(21-22-17)11-5-3-4-6-12(11)18/h3-9,15H,19H2,1-2H3,(H,20,21,22)/t15-/m0/s1. The normalized spacial score (nSPS) is 12.0. The molecule has 3 N–H and O–H groups in total. The van der Waals surface area contributed by atoms with Crippen molar-refractivity contribution in [3.05, 3.63) is 58.9 Å². The van der Waals surface area contributed by atoms with Crippen LogP contribution in [0.1, 0.15) is 17.4 Å². The van der Waals surface area contributed by atoms with Gasteiger partial charge < -0.3 is 15.2 Å². The Morgan fingerprint density at radius 2 is 1.83 bits per heavy atom. The molecule has 0 saturated carbocycles. The van der Waals surface area contributed by atoms with Crippen LogP contribution in [0.25, 0.3) is 11.4 Å². The Bertz CT molecular complexity index is 850. The largest absolute Gasteiger partial charge is 0.493 e. The molecule has 0 amide bonds. The fourth-order valence-corrected chi connectivity index (χ4v) is 2.60. The minimum atomic E-state index is -0.478. The predicted octanol–water partition coefficient (Wildman–Crippen LogP) is 3.19. The molecular weight excluding hydrogens is 328 g/mol. The first kappa shape index (κ1) is 16.3. The molecule has 0 aliphatic heterocycles. The number of nitrogens with one attached hydrogen (secondary N) is 1. The number of nitrogens with zero attached hydrogens (tertiary/aromatic N) is 2. The molecule has 0 radical (unpaired) electrons. The van der Waals surface area contributed by atoms with Crippen LogP contribution in [0.4, 0.5) is 0 Å². The molecule has 1 atom stereocenters. The van der Waals surface area contributed by atoms with E-state index >= 15 is 0 Å². The van der Waals surface area contributed by atoms with Gasteiger partial charge in [0.05, 0.1) is 25.3 Å². The van der Waals surface area contributed by atoms with Crippen LogP contribution in [0.2, 0.25) is 5.02 Å². The number of halogens is 1. The van der Waals surface area contributed by atoms with Crippen LogP contribution in [0, 0.1) is 0 Å². The van der Waals surface area contributed by atoms with E-state index in [0.29, 0.717) is 28.2 Å². The third-order valence-electron chi connectivity index (χ3n) is 3.68. The summed E-state index contributed by atoms with van der Waals surface area (Å²) in [5.41, 5.74) is 7.88. The molecule has 0 saturated heterocycles. The number of H-pyrrole nitrogens is 1. The number of benzene rings is 2. The summed E-state index contributed by atoms with van der Waals surface area (Å²) in [6.45, 7) is 0. The van der Waals surface area contributed by atoms with Gasteiger partial charge in [0.1, 0.15) is 5.82 Å². The second-order valence-corrected chi connectivity index (χ2v) is 5.52. The highest BCUT2D eigenvalue weighted by atomic mass is 35.5. The van der Waals surface area contributed by atoms with Gasteiger partial charge in [-0.15, -0.1) is 0 Å². The third kappa shape index (κ3) is 3.06. The second kappa shape index (κ2) is 6.90. The van der Waals surface area contributed by atoms with Crippen molar-refractivity contribution in [1.82, 2.24) is 15.2 Å². The van der Waals surface area contributed by atoms with E-state index in [1.54, 1.807) is 26.4 Å². The molecular formula is C17H17ClN4O2. The lowest BCUT2D eigenvalue weighted by Crippen LogP contribution is -2.14. The number of nitrogens with two attached hydrogens (primary N) is 1. The fourth-order valence-electron chi connectivity index (χ4n) is 2.38. The van der Waals surface area contributed by atoms with Crippen LogP contribution in [0.3, 0.4) is 0 Å². The monoisotopic (exact) mass is 344 g/mol. The Kier molecular flexibility index (Phi) is 4.69. The Hall–Kier alpha value is -2.57. The van der Waals surface area contributed by atoms with Gasteiger partial charge in [-0.2, -0.15) is 5.10 Å². The van der Waals surface area contributed by atoms with Gasteiger partial charge in [0.25, 0.3) is 0 Å². The van der Waals surface area contributed by atoms with Crippen LogP contribution in [-0.2, 0) is 0 Å². The van der Waals surface area contributed by atoms with Gasteiger partial charge in [-0.3, -0.25) is 5.10 Å². The maximum atomic E-state index is 6.30. The van der Waals surface area contributed by atoms with Gasteiger partial charge in [-0.1, -0.05) is 29.8 Å². The third-order valence-corrected chi connectivity index (χ3v) is 4.01. The zero-order valence-corrected chi connectivity index (χ0v) is 14.0. The van der Waals surface area contributed by atoms with Crippen molar-refractivity contribution in [3.63, 3.8) is 0 Å². The first-order chi connectivity index (χ1) is 11.6. The van der Waals surface area contributed by atoms with Crippen LogP contribution in [-0.4, -0.2) is 29.4 Å². The average molecular weight is 345 g/mol. The number of hydrogen-bond donors (Lipinski definition) is 2. The molecule has 6 nitrogen and oxygen atoms in total. The lowest BCUT2D eigenvalue weighted by molar-refractivity contribution is 0.354. The quantitative estimate of drug-likeness (QED) is 0.742. The van der Waals surface area contributed by atoms with Gasteiger partial charge >= 0.3 is 0 Å².